The lowest BCUT2D eigenvalue weighted by atomic mass is 9.81. The van der Waals surface area contributed by atoms with Crippen molar-refractivity contribution in [2.24, 2.45) is 11.8 Å². The molecular weight excluding hydrogens is 256 g/mol. The molecule has 1 fully saturated rings. The first kappa shape index (κ1) is 14.3. The summed E-state index contributed by atoms with van der Waals surface area (Å²) in [4.78, 5) is 14.9. The Morgan fingerprint density at radius 2 is 2.05 bits per heavy atom. The second-order valence-corrected chi connectivity index (χ2v) is 5.83. The number of H-pyrrole nitrogens is 1. The van der Waals surface area contributed by atoms with Gasteiger partial charge in [-0.3, -0.25) is 4.79 Å². The van der Waals surface area contributed by atoms with E-state index in [1.807, 2.05) is 0 Å². The van der Waals surface area contributed by atoms with E-state index in [4.69, 9.17) is 12.2 Å². The highest BCUT2D eigenvalue weighted by atomic mass is 32.1. The van der Waals surface area contributed by atoms with E-state index in [-0.39, 0.29) is 5.91 Å². The van der Waals surface area contributed by atoms with Gasteiger partial charge in [-0.15, -0.1) is 0 Å². The molecule has 1 aromatic rings. The first-order chi connectivity index (χ1) is 9.20. The summed E-state index contributed by atoms with van der Waals surface area (Å²) in [6, 6.07) is 3.57. The maximum atomic E-state index is 12.0. The predicted octanol–water partition coefficient (Wildman–Crippen LogP) is 3.69. The number of nitrogens with one attached hydrogen (secondary N) is 2. The van der Waals surface area contributed by atoms with Crippen LogP contribution in [0.2, 0.25) is 0 Å². The maximum Gasteiger partial charge on any atom is 0.254 e. The van der Waals surface area contributed by atoms with Gasteiger partial charge in [-0.2, -0.15) is 0 Å². The van der Waals surface area contributed by atoms with Gasteiger partial charge in [0.2, 0.25) is 0 Å². The van der Waals surface area contributed by atoms with Crippen molar-refractivity contribution in [1.82, 2.24) is 10.3 Å². The zero-order valence-electron chi connectivity index (χ0n) is 11.4. The highest BCUT2D eigenvalue weighted by Gasteiger charge is 2.20. The molecule has 2 N–H and O–H groups in total. The lowest BCUT2D eigenvalue weighted by Gasteiger charge is -2.27. The van der Waals surface area contributed by atoms with Gasteiger partial charge < -0.3 is 10.3 Å². The third-order valence-electron chi connectivity index (χ3n) is 4.16. The summed E-state index contributed by atoms with van der Waals surface area (Å²) in [7, 11) is 0. The summed E-state index contributed by atoms with van der Waals surface area (Å²) < 4.78 is 0.509. The third-order valence-corrected chi connectivity index (χ3v) is 4.50. The van der Waals surface area contributed by atoms with E-state index < -0.39 is 0 Å². The third kappa shape index (κ3) is 3.90. The number of pyridine rings is 1. The highest BCUT2D eigenvalue weighted by Crippen LogP contribution is 2.30. The van der Waals surface area contributed by atoms with E-state index in [1.165, 1.54) is 32.1 Å². The zero-order valence-corrected chi connectivity index (χ0v) is 12.3. The molecule has 0 atom stereocenters. The highest BCUT2D eigenvalue weighted by molar-refractivity contribution is 7.71. The van der Waals surface area contributed by atoms with E-state index in [9.17, 15) is 4.79 Å². The van der Waals surface area contributed by atoms with Crippen molar-refractivity contribution in [2.75, 3.05) is 6.54 Å². The van der Waals surface area contributed by atoms with Gasteiger partial charge in [0.25, 0.3) is 5.91 Å². The fraction of sp³-hybridized carbons (Fsp3) is 0.600. The molecule has 0 radical (unpaired) electrons. The van der Waals surface area contributed by atoms with E-state index in [0.717, 1.165) is 12.5 Å². The fourth-order valence-electron chi connectivity index (χ4n) is 2.78. The molecule has 3 nitrogen and oxygen atoms in total. The Kier molecular flexibility index (Phi) is 5.14. The molecular formula is C15H22N2OS. The molecule has 4 heteroatoms. The summed E-state index contributed by atoms with van der Waals surface area (Å²) >= 11 is 5.11. The van der Waals surface area contributed by atoms with Crippen molar-refractivity contribution in [3.8, 4) is 0 Å². The molecule has 1 aliphatic carbocycles. The van der Waals surface area contributed by atoms with Crippen LogP contribution in [-0.4, -0.2) is 17.4 Å². The van der Waals surface area contributed by atoms with Crippen LogP contribution in [0.15, 0.2) is 18.3 Å². The van der Waals surface area contributed by atoms with E-state index in [2.05, 4.69) is 17.2 Å². The Balaban J connectivity index is 1.82. The molecule has 1 saturated carbocycles. The summed E-state index contributed by atoms with van der Waals surface area (Å²) in [5.41, 5.74) is 0.569. The van der Waals surface area contributed by atoms with Crippen LogP contribution < -0.4 is 5.32 Å². The van der Waals surface area contributed by atoms with Crippen LogP contribution in [0.1, 0.15) is 49.4 Å². The van der Waals surface area contributed by atoms with Gasteiger partial charge in [0, 0.05) is 12.7 Å². The van der Waals surface area contributed by atoms with Gasteiger partial charge >= 0.3 is 0 Å². The minimum atomic E-state index is -0.0561. The van der Waals surface area contributed by atoms with Crippen molar-refractivity contribution < 1.29 is 4.79 Å². The number of carbonyl (C=O) groups is 1. The Labute approximate surface area is 119 Å². The number of aromatic amines is 1. The number of amides is 1. The first-order valence-corrected chi connectivity index (χ1v) is 7.57. The Morgan fingerprint density at radius 3 is 2.68 bits per heavy atom. The SMILES string of the molecule is CCC1CCC(CNC(=O)c2ccc[nH]c2=S)CC1. The molecule has 1 amide bonds. The summed E-state index contributed by atoms with van der Waals surface area (Å²) in [5.74, 6) is 1.47. The quantitative estimate of drug-likeness (QED) is 0.825. The van der Waals surface area contributed by atoms with Crippen LogP contribution in [0.4, 0.5) is 0 Å². The number of hydrogen-bond donors (Lipinski definition) is 2. The molecule has 1 heterocycles. The largest absolute Gasteiger partial charge is 0.352 e. The summed E-state index contributed by atoms with van der Waals surface area (Å²) in [6.07, 6.45) is 8.12. The molecule has 2 rings (SSSR count). The van der Waals surface area contributed by atoms with Crippen LogP contribution in [-0.2, 0) is 0 Å². The number of rotatable bonds is 4. The van der Waals surface area contributed by atoms with Gasteiger partial charge in [0.1, 0.15) is 4.64 Å². The van der Waals surface area contributed by atoms with E-state index in [0.29, 0.717) is 16.1 Å². The van der Waals surface area contributed by atoms with Crippen LogP contribution in [0.3, 0.4) is 0 Å². The van der Waals surface area contributed by atoms with Gasteiger partial charge in [-0.05, 0) is 36.8 Å². The van der Waals surface area contributed by atoms with Crippen molar-refractivity contribution in [3.05, 3.63) is 28.5 Å². The average Bonchev–Trinajstić information content (AvgIpc) is 2.46. The van der Waals surface area contributed by atoms with Crippen molar-refractivity contribution >= 4 is 18.1 Å². The lowest BCUT2D eigenvalue weighted by molar-refractivity contribution is 0.0940. The average molecular weight is 278 g/mol. The lowest BCUT2D eigenvalue weighted by Crippen LogP contribution is -2.31. The minimum absolute atomic E-state index is 0.0561. The molecule has 0 aliphatic heterocycles. The van der Waals surface area contributed by atoms with Crippen LogP contribution in [0.25, 0.3) is 0 Å². The number of hydrogen-bond acceptors (Lipinski definition) is 2. The molecule has 1 aliphatic rings. The molecule has 0 unspecified atom stereocenters. The predicted molar refractivity (Wildman–Crippen MR) is 79.7 cm³/mol. The standard InChI is InChI=1S/C15H22N2OS/c1-2-11-5-7-12(8-6-11)10-17-14(18)13-4-3-9-16-15(13)19/h3-4,9,11-12H,2,5-8,10H2,1H3,(H,16,19)(H,17,18). The van der Waals surface area contributed by atoms with E-state index >= 15 is 0 Å². The Hall–Kier alpha value is -1.16. The maximum absolute atomic E-state index is 12.0. The molecule has 104 valence electrons. The van der Waals surface area contributed by atoms with Crippen molar-refractivity contribution in [3.63, 3.8) is 0 Å². The molecule has 0 aromatic carbocycles. The van der Waals surface area contributed by atoms with Crippen LogP contribution in [0, 0.1) is 16.5 Å². The molecule has 0 bridgehead atoms. The minimum Gasteiger partial charge on any atom is -0.352 e. The first-order valence-electron chi connectivity index (χ1n) is 7.16. The van der Waals surface area contributed by atoms with Gasteiger partial charge in [-0.1, -0.05) is 38.4 Å². The monoisotopic (exact) mass is 278 g/mol. The van der Waals surface area contributed by atoms with Gasteiger partial charge in [0.05, 0.1) is 5.56 Å². The second kappa shape index (κ2) is 6.85. The van der Waals surface area contributed by atoms with Gasteiger partial charge in [0.15, 0.2) is 0 Å². The molecule has 0 saturated heterocycles. The molecule has 0 spiro atoms. The number of carbonyl (C=O) groups excluding carboxylic acids is 1. The smallest absolute Gasteiger partial charge is 0.254 e. The molecule has 19 heavy (non-hydrogen) atoms. The molecule has 1 aromatic heterocycles. The fourth-order valence-corrected chi connectivity index (χ4v) is 3.01. The van der Waals surface area contributed by atoms with Crippen molar-refractivity contribution in [2.45, 2.75) is 39.0 Å². The topological polar surface area (TPSA) is 44.9 Å². The van der Waals surface area contributed by atoms with E-state index in [1.54, 1.807) is 18.3 Å². The van der Waals surface area contributed by atoms with Crippen LogP contribution >= 0.6 is 12.2 Å². The summed E-state index contributed by atoms with van der Waals surface area (Å²) in [5, 5.41) is 3.02. The number of aromatic nitrogens is 1. The van der Waals surface area contributed by atoms with Crippen LogP contribution in [0.5, 0.6) is 0 Å². The Morgan fingerprint density at radius 1 is 1.37 bits per heavy atom. The normalized spacial score (nSPS) is 23.0. The van der Waals surface area contributed by atoms with Gasteiger partial charge in [-0.25, -0.2) is 0 Å². The summed E-state index contributed by atoms with van der Waals surface area (Å²) in [6.45, 7) is 3.04. The Bertz CT molecular complexity index is 475. The second-order valence-electron chi connectivity index (χ2n) is 5.42. The van der Waals surface area contributed by atoms with Crippen molar-refractivity contribution in [1.29, 1.82) is 0 Å². The zero-order chi connectivity index (χ0) is 13.7.